The minimum Gasteiger partial charge on any atom is -0.325 e. The van der Waals surface area contributed by atoms with E-state index in [1.54, 1.807) is 0 Å². The second kappa shape index (κ2) is 4.74. The van der Waals surface area contributed by atoms with E-state index in [9.17, 15) is 4.79 Å². The molecule has 2 unspecified atom stereocenters. The zero-order valence-corrected chi connectivity index (χ0v) is 10.3. The Balaban J connectivity index is 1.94. The van der Waals surface area contributed by atoms with Crippen LogP contribution < -0.4 is 5.32 Å². The van der Waals surface area contributed by atoms with Gasteiger partial charge < -0.3 is 4.90 Å². The van der Waals surface area contributed by atoms with Crippen molar-refractivity contribution < 1.29 is 4.79 Å². The molecule has 2 rings (SSSR count). The number of hydrogen-bond acceptors (Lipinski definition) is 3. The Morgan fingerprint density at radius 2 is 2.40 bits per heavy atom. The van der Waals surface area contributed by atoms with E-state index < -0.39 is 0 Å². The van der Waals surface area contributed by atoms with Gasteiger partial charge in [-0.1, -0.05) is 13.8 Å². The standard InChI is InChI=1S/C11H20N2OS/c1-8(2)11-12-6-10(14)13(11)7-9-4-3-5-15-9/h8-9,11-12H,3-7H2,1-2H3. The lowest BCUT2D eigenvalue weighted by Crippen LogP contribution is -2.44. The van der Waals surface area contributed by atoms with Gasteiger partial charge in [-0.25, -0.2) is 0 Å². The minimum absolute atomic E-state index is 0.263. The van der Waals surface area contributed by atoms with Crippen LogP contribution in [0.5, 0.6) is 0 Å². The molecule has 2 saturated heterocycles. The van der Waals surface area contributed by atoms with E-state index in [0.717, 1.165) is 6.54 Å². The summed E-state index contributed by atoms with van der Waals surface area (Å²) in [4.78, 5) is 13.8. The normalized spacial score (nSPS) is 31.9. The molecule has 0 saturated carbocycles. The van der Waals surface area contributed by atoms with E-state index in [1.807, 2.05) is 16.7 Å². The molecule has 0 radical (unpaired) electrons. The second-order valence-corrected chi connectivity index (χ2v) is 6.16. The first kappa shape index (κ1) is 11.3. The number of nitrogens with zero attached hydrogens (tertiary/aromatic N) is 1. The molecule has 0 aromatic heterocycles. The van der Waals surface area contributed by atoms with Crippen LogP contribution in [0.4, 0.5) is 0 Å². The van der Waals surface area contributed by atoms with Crippen LogP contribution in [0.3, 0.4) is 0 Å². The van der Waals surface area contributed by atoms with Crippen molar-refractivity contribution in [2.75, 3.05) is 18.8 Å². The van der Waals surface area contributed by atoms with Gasteiger partial charge in [0.15, 0.2) is 0 Å². The highest BCUT2D eigenvalue weighted by Crippen LogP contribution is 2.28. The van der Waals surface area contributed by atoms with Crippen molar-refractivity contribution in [1.29, 1.82) is 0 Å². The summed E-state index contributed by atoms with van der Waals surface area (Å²) in [7, 11) is 0. The Morgan fingerprint density at radius 3 is 3.00 bits per heavy atom. The maximum Gasteiger partial charge on any atom is 0.237 e. The van der Waals surface area contributed by atoms with Gasteiger partial charge in [-0.15, -0.1) is 0 Å². The molecule has 2 fully saturated rings. The van der Waals surface area contributed by atoms with Gasteiger partial charge in [-0.2, -0.15) is 11.8 Å². The third-order valence-corrected chi connectivity index (χ3v) is 4.55. The Labute approximate surface area is 96.0 Å². The fraction of sp³-hybridized carbons (Fsp3) is 0.909. The Hall–Kier alpha value is -0.220. The van der Waals surface area contributed by atoms with Crippen LogP contribution in [0.2, 0.25) is 0 Å². The van der Waals surface area contributed by atoms with Crippen LogP contribution in [0, 0.1) is 5.92 Å². The highest BCUT2D eigenvalue weighted by Gasteiger charge is 2.34. The number of nitrogens with one attached hydrogen (secondary N) is 1. The molecule has 0 spiro atoms. The number of rotatable bonds is 3. The van der Waals surface area contributed by atoms with Crippen LogP contribution in [-0.4, -0.2) is 41.1 Å². The fourth-order valence-corrected chi connectivity index (χ4v) is 3.64. The largest absolute Gasteiger partial charge is 0.325 e. The lowest BCUT2D eigenvalue weighted by molar-refractivity contribution is -0.128. The fourth-order valence-electron chi connectivity index (χ4n) is 2.38. The van der Waals surface area contributed by atoms with E-state index in [4.69, 9.17) is 0 Å². The first-order valence-electron chi connectivity index (χ1n) is 5.83. The molecule has 0 aromatic carbocycles. The first-order valence-corrected chi connectivity index (χ1v) is 6.88. The highest BCUT2D eigenvalue weighted by molar-refractivity contribution is 8.00. The summed E-state index contributed by atoms with van der Waals surface area (Å²) in [6.07, 6.45) is 2.86. The van der Waals surface area contributed by atoms with Crippen LogP contribution in [0.25, 0.3) is 0 Å². The number of amides is 1. The predicted molar refractivity (Wildman–Crippen MR) is 63.8 cm³/mol. The van der Waals surface area contributed by atoms with Gasteiger partial charge in [0, 0.05) is 11.8 Å². The van der Waals surface area contributed by atoms with Crippen LogP contribution in [0.15, 0.2) is 0 Å². The lowest BCUT2D eigenvalue weighted by Gasteiger charge is -2.29. The maximum atomic E-state index is 11.7. The predicted octanol–water partition coefficient (Wildman–Crippen LogP) is 1.30. The third-order valence-electron chi connectivity index (χ3n) is 3.17. The molecular weight excluding hydrogens is 208 g/mol. The summed E-state index contributed by atoms with van der Waals surface area (Å²) in [5.74, 6) is 2.05. The van der Waals surface area contributed by atoms with E-state index in [-0.39, 0.29) is 12.1 Å². The summed E-state index contributed by atoms with van der Waals surface area (Å²) >= 11 is 2.02. The van der Waals surface area contributed by atoms with Crippen molar-refractivity contribution in [3.05, 3.63) is 0 Å². The van der Waals surface area contributed by atoms with Crippen molar-refractivity contribution in [1.82, 2.24) is 10.2 Å². The number of carbonyl (C=O) groups is 1. The molecule has 0 aliphatic carbocycles. The first-order chi connectivity index (χ1) is 7.18. The molecule has 1 N–H and O–H groups in total. The minimum atomic E-state index is 0.263. The number of carbonyl (C=O) groups excluding carboxylic acids is 1. The number of thioether (sulfide) groups is 1. The quantitative estimate of drug-likeness (QED) is 0.790. The molecule has 0 bridgehead atoms. The monoisotopic (exact) mass is 228 g/mol. The Bertz CT molecular complexity index is 239. The molecule has 2 aliphatic rings. The van der Waals surface area contributed by atoms with Crippen molar-refractivity contribution in [2.45, 2.75) is 38.1 Å². The van der Waals surface area contributed by atoms with Crippen LogP contribution >= 0.6 is 11.8 Å². The smallest absolute Gasteiger partial charge is 0.237 e. The molecule has 4 heteroatoms. The zero-order chi connectivity index (χ0) is 10.8. The average molecular weight is 228 g/mol. The molecule has 86 valence electrons. The Morgan fingerprint density at radius 1 is 1.60 bits per heavy atom. The van der Waals surface area contributed by atoms with Gasteiger partial charge >= 0.3 is 0 Å². The van der Waals surface area contributed by atoms with E-state index >= 15 is 0 Å². The van der Waals surface area contributed by atoms with E-state index in [2.05, 4.69) is 19.2 Å². The molecule has 2 aliphatic heterocycles. The summed E-state index contributed by atoms with van der Waals surface area (Å²) in [5.41, 5.74) is 0. The third kappa shape index (κ3) is 2.48. The van der Waals surface area contributed by atoms with Crippen LogP contribution in [0.1, 0.15) is 26.7 Å². The SMILES string of the molecule is CC(C)C1NCC(=O)N1CC1CCCS1. The highest BCUT2D eigenvalue weighted by atomic mass is 32.2. The van der Waals surface area contributed by atoms with Gasteiger partial charge in [0.05, 0.1) is 12.7 Å². The van der Waals surface area contributed by atoms with Crippen molar-refractivity contribution in [2.24, 2.45) is 5.92 Å². The van der Waals surface area contributed by atoms with Gasteiger partial charge in [0.1, 0.15) is 0 Å². The molecule has 2 atom stereocenters. The molecular formula is C11H20N2OS. The topological polar surface area (TPSA) is 32.3 Å². The molecule has 2 heterocycles. The van der Waals surface area contributed by atoms with E-state index in [1.165, 1.54) is 18.6 Å². The Kier molecular flexibility index (Phi) is 3.57. The molecule has 1 amide bonds. The second-order valence-electron chi connectivity index (χ2n) is 4.75. The molecule has 3 nitrogen and oxygen atoms in total. The average Bonchev–Trinajstić information content (AvgIpc) is 2.78. The summed E-state index contributed by atoms with van der Waals surface area (Å²) < 4.78 is 0. The molecule has 0 aromatic rings. The van der Waals surface area contributed by atoms with Crippen molar-refractivity contribution in [3.8, 4) is 0 Å². The van der Waals surface area contributed by atoms with E-state index in [0.29, 0.717) is 17.7 Å². The van der Waals surface area contributed by atoms with Crippen molar-refractivity contribution in [3.63, 3.8) is 0 Å². The lowest BCUT2D eigenvalue weighted by atomic mass is 10.1. The summed E-state index contributed by atoms with van der Waals surface area (Å²) in [5, 5.41) is 3.97. The van der Waals surface area contributed by atoms with Gasteiger partial charge in [-0.3, -0.25) is 10.1 Å². The zero-order valence-electron chi connectivity index (χ0n) is 9.53. The summed E-state index contributed by atoms with van der Waals surface area (Å²) in [6, 6.07) is 0. The van der Waals surface area contributed by atoms with Crippen LogP contribution in [-0.2, 0) is 4.79 Å². The van der Waals surface area contributed by atoms with Crippen molar-refractivity contribution >= 4 is 17.7 Å². The van der Waals surface area contributed by atoms with Gasteiger partial charge in [0.2, 0.25) is 5.91 Å². The van der Waals surface area contributed by atoms with Gasteiger partial charge in [0.25, 0.3) is 0 Å². The molecule has 15 heavy (non-hydrogen) atoms. The summed E-state index contributed by atoms with van der Waals surface area (Å²) in [6.45, 7) is 5.82. The van der Waals surface area contributed by atoms with Gasteiger partial charge in [-0.05, 0) is 24.5 Å². The number of hydrogen-bond donors (Lipinski definition) is 1. The maximum absolute atomic E-state index is 11.7.